The summed E-state index contributed by atoms with van der Waals surface area (Å²) in [4.78, 5) is 12.0. The first-order chi connectivity index (χ1) is 13.0. The summed E-state index contributed by atoms with van der Waals surface area (Å²) in [5.41, 5.74) is 4.51. The van der Waals surface area contributed by atoms with E-state index >= 15 is 0 Å². The van der Waals surface area contributed by atoms with Gasteiger partial charge < -0.3 is 10.3 Å². The van der Waals surface area contributed by atoms with Gasteiger partial charge in [0.05, 0.1) is 11.4 Å². The van der Waals surface area contributed by atoms with Gasteiger partial charge in [0.15, 0.2) is 0 Å². The maximum absolute atomic E-state index is 11.8. The van der Waals surface area contributed by atoms with E-state index in [0.29, 0.717) is 11.5 Å². The van der Waals surface area contributed by atoms with Gasteiger partial charge in [-0.2, -0.15) is 4.36 Å². The van der Waals surface area contributed by atoms with Crippen LogP contribution in [-0.4, -0.2) is 31.7 Å². The zero-order valence-electron chi connectivity index (χ0n) is 15.0. The molecule has 7 heteroatoms. The van der Waals surface area contributed by atoms with E-state index in [4.69, 9.17) is 0 Å². The molecule has 2 aromatic carbocycles. The standard InChI is InChI=1S/C20H19N5OS/c1-27(2,26)25-15-9-7-14(8-10-15)24-20-11-19(22-13-23-20)17-12-21-18-6-4-3-5-16(17)18/h3-13,21H,1-2H3,(H,22,23,24). The summed E-state index contributed by atoms with van der Waals surface area (Å²) in [6.07, 6.45) is 6.74. The Bertz CT molecular complexity index is 1210. The van der Waals surface area contributed by atoms with Crippen LogP contribution in [0.15, 0.2) is 71.5 Å². The van der Waals surface area contributed by atoms with Crippen LogP contribution in [0.3, 0.4) is 0 Å². The van der Waals surface area contributed by atoms with Crippen molar-refractivity contribution in [2.45, 2.75) is 0 Å². The molecule has 0 bridgehead atoms. The van der Waals surface area contributed by atoms with Crippen molar-refractivity contribution >= 4 is 37.8 Å². The highest BCUT2D eigenvalue weighted by molar-refractivity contribution is 7.92. The van der Waals surface area contributed by atoms with Crippen molar-refractivity contribution in [3.05, 3.63) is 67.1 Å². The fraction of sp³-hybridized carbons (Fsp3) is 0.100. The van der Waals surface area contributed by atoms with Gasteiger partial charge in [-0.1, -0.05) is 18.2 Å². The van der Waals surface area contributed by atoms with E-state index in [1.807, 2.05) is 54.7 Å². The van der Waals surface area contributed by atoms with E-state index in [9.17, 15) is 4.21 Å². The first kappa shape index (κ1) is 17.2. The molecule has 0 radical (unpaired) electrons. The number of hydrogen-bond acceptors (Lipinski definition) is 5. The fourth-order valence-corrected chi connectivity index (χ4v) is 3.49. The molecule has 2 N–H and O–H groups in total. The first-order valence-corrected chi connectivity index (χ1v) is 10.7. The van der Waals surface area contributed by atoms with Gasteiger partial charge in [-0.25, -0.2) is 14.2 Å². The normalized spacial score (nSPS) is 11.5. The molecule has 0 fully saturated rings. The number of nitrogens with zero attached hydrogens (tertiary/aromatic N) is 3. The molecule has 0 saturated carbocycles. The maximum atomic E-state index is 11.8. The molecule has 0 spiro atoms. The third-order valence-corrected chi connectivity index (χ3v) is 4.65. The van der Waals surface area contributed by atoms with Crippen LogP contribution in [0, 0.1) is 0 Å². The fourth-order valence-electron chi connectivity index (χ4n) is 2.86. The molecule has 2 aromatic heterocycles. The number of fused-ring (bicyclic) bond motifs is 1. The quantitative estimate of drug-likeness (QED) is 0.539. The second-order valence-electron chi connectivity index (χ2n) is 6.48. The van der Waals surface area contributed by atoms with Crippen LogP contribution in [0.5, 0.6) is 0 Å². The van der Waals surface area contributed by atoms with Gasteiger partial charge in [-0.15, -0.1) is 0 Å². The average Bonchev–Trinajstić information content (AvgIpc) is 3.07. The second kappa shape index (κ2) is 6.85. The smallest absolute Gasteiger partial charge is 0.134 e. The minimum Gasteiger partial charge on any atom is -0.360 e. The Labute approximate surface area is 157 Å². The lowest BCUT2D eigenvalue weighted by atomic mass is 10.1. The van der Waals surface area contributed by atoms with E-state index in [1.165, 1.54) is 0 Å². The number of H-pyrrole nitrogens is 1. The summed E-state index contributed by atoms with van der Waals surface area (Å²) in [6.45, 7) is 0. The summed E-state index contributed by atoms with van der Waals surface area (Å²) < 4.78 is 16.0. The Morgan fingerprint density at radius 1 is 1.04 bits per heavy atom. The highest BCUT2D eigenvalue weighted by Crippen LogP contribution is 2.28. The predicted molar refractivity (Wildman–Crippen MR) is 111 cm³/mol. The van der Waals surface area contributed by atoms with Crippen molar-refractivity contribution in [1.29, 1.82) is 0 Å². The number of benzene rings is 2. The van der Waals surface area contributed by atoms with Crippen molar-refractivity contribution in [2.75, 3.05) is 17.8 Å². The van der Waals surface area contributed by atoms with Crippen molar-refractivity contribution in [2.24, 2.45) is 4.36 Å². The zero-order chi connectivity index (χ0) is 18.9. The minimum absolute atomic E-state index is 0.692. The van der Waals surface area contributed by atoms with Gasteiger partial charge in [0.1, 0.15) is 12.1 Å². The van der Waals surface area contributed by atoms with Crippen LogP contribution in [-0.2, 0) is 9.73 Å². The molecule has 0 aliphatic carbocycles. The van der Waals surface area contributed by atoms with Gasteiger partial charge >= 0.3 is 0 Å². The van der Waals surface area contributed by atoms with E-state index in [-0.39, 0.29) is 0 Å². The number of rotatable bonds is 4. The molecule has 0 aliphatic rings. The highest BCUT2D eigenvalue weighted by atomic mass is 32.2. The van der Waals surface area contributed by atoms with Gasteiger partial charge in [0.25, 0.3) is 0 Å². The molecule has 0 amide bonds. The molecule has 0 atom stereocenters. The number of para-hydroxylation sites is 1. The summed E-state index contributed by atoms with van der Waals surface area (Å²) >= 11 is 0. The lowest BCUT2D eigenvalue weighted by Gasteiger charge is -2.07. The van der Waals surface area contributed by atoms with Crippen molar-refractivity contribution in [1.82, 2.24) is 15.0 Å². The van der Waals surface area contributed by atoms with Crippen molar-refractivity contribution in [3.8, 4) is 11.3 Å². The Balaban J connectivity index is 1.61. The summed E-state index contributed by atoms with van der Waals surface area (Å²) in [6, 6.07) is 17.5. The average molecular weight is 377 g/mol. The van der Waals surface area contributed by atoms with Crippen LogP contribution in [0.25, 0.3) is 22.2 Å². The molecule has 0 unspecified atom stereocenters. The SMILES string of the molecule is CS(C)(=O)=Nc1ccc(Nc2cc(-c3c[nH]c4ccccc34)ncn2)cc1. The third kappa shape index (κ3) is 3.98. The molecule has 2 heterocycles. The van der Waals surface area contributed by atoms with E-state index in [2.05, 4.69) is 30.7 Å². The molecule has 0 saturated heterocycles. The molecule has 6 nitrogen and oxygen atoms in total. The first-order valence-electron chi connectivity index (χ1n) is 8.41. The number of aromatic amines is 1. The number of aromatic nitrogens is 3. The number of nitrogens with one attached hydrogen (secondary N) is 2. The lowest BCUT2D eigenvalue weighted by Crippen LogP contribution is -1.95. The molecule has 27 heavy (non-hydrogen) atoms. The molecule has 4 aromatic rings. The summed E-state index contributed by atoms with van der Waals surface area (Å²) in [5.74, 6) is 0.699. The van der Waals surface area contributed by atoms with E-state index < -0.39 is 9.73 Å². The van der Waals surface area contributed by atoms with Crippen molar-refractivity contribution < 1.29 is 4.21 Å². The highest BCUT2D eigenvalue weighted by Gasteiger charge is 2.08. The molecular weight excluding hydrogens is 358 g/mol. The van der Waals surface area contributed by atoms with Gasteiger partial charge in [0, 0.05) is 56.7 Å². The summed E-state index contributed by atoms with van der Waals surface area (Å²) in [5, 5.41) is 4.39. The Hall–Kier alpha value is -3.19. The maximum Gasteiger partial charge on any atom is 0.134 e. The van der Waals surface area contributed by atoms with Gasteiger partial charge in [0.2, 0.25) is 0 Å². The lowest BCUT2D eigenvalue weighted by molar-refractivity contribution is 0.684. The van der Waals surface area contributed by atoms with E-state index in [0.717, 1.165) is 27.8 Å². The Morgan fingerprint density at radius 3 is 2.59 bits per heavy atom. The summed E-state index contributed by atoms with van der Waals surface area (Å²) in [7, 11) is -2.17. The Kier molecular flexibility index (Phi) is 4.37. The largest absolute Gasteiger partial charge is 0.360 e. The number of hydrogen-bond donors (Lipinski definition) is 2. The number of anilines is 2. The van der Waals surface area contributed by atoms with Crippen LogP contribution in [0.1, 0.15) is 0 Å². The molecular formula is C20H19N5OS. The van der Waals surface area contributed by atoms with Crippen LogP contribution in [0.4, 0.5) is 17.2 Å². The predicted octanol–water partition coefficient (Wildman–Crippen LogP) is 4.73. The minimum atomic E-state index is -2.17. The third-order valence-electron chi connectivity index (χ3n) is 4.00. The van der Waals surface area contributed by atoms with Crippen molar-refractivity contribution in [3.63, 3.8) is 0 Å². The molecule has 0 aliphatic heterocycles. The van der Waals surface area contributed by atoms with Crippen LogP contribution < -0.4 is 5.32 Å². The molecule has 4 rings (SSSR count). The van der Waals surface area contributed by atoms with E-state index in [1.54, 1.807) is 18.8 Å². The van der Waals surface area contributed by atoms with Crippen LogP contribution in [0.2, 0.25) is 0 Å². The van der Waals surface area contributed by atoms with Gasteiger partial charge in [-0.05, 0) is 30.3 Å². The molecule has 136 valence electrons. The second-order valence-corrected chi connectivity index (χ2v) is 9.03. The zero-order valence-corrected chi connectivity index (χ0v) is 15.8. The monoisotopic (exact) mass is 377 g/mol. The Morgan fingerprint density at radius 2 is 1.81 bits per heavy atom. The van der Waals surface area contributed by atoms with Gasteiger partial charge in [-0.3, -0.25) is 0 Å². The van der Waals surface area contributed by atoms with Crippen LogP contribution >= 0.6 is 0 Å². The topological polar surface area (TPSA) is 83.0 Å².